The van der Waals surface area contributed by atoms with E-state index in [1.54, 1.807) is 0 Å². The molecule has 2 aromatic rings. The summed E-state index contributed by atoms with van der Waals surface area (Å²) in [6, 6.07) is 13.3. The van der Waals surface area contributed by atoms with Gasteiger partial charge in [0.1, 0.15) is 11.6 Å². The molecule has 0 aliphatic rings. The van der Waals surface area contributed by atoms with E-state index in [9.17, 15) is 8.78 Å². The minimum atomic E-state index is -0.572. The summed E-state index contributed by atoms with van der Waals surface area (Å²) in [7, 11) is 0. The molecule has 0 fully saturated rings. The molecule has 0 amide bonds. The summed E-state index contributed by atoms with van der Waals surface area (Å²) in [4.78, 5) is 0. The lowest BCUT2D eigenvalue weighted by molar-refractivity contribution is 0.535. The molecule has 19 heavy (non-hydrogen) atoms. The zero-order valence-corrected chi connectivity index (χ0v) is 10.7. The van der Waals surface area contributed by atoms with Crippen molar-refractivity contribution < 1.29 is 8.78 Å². The Morgan fingerprint density at radius 1 is 1.00 bits per heavy atom. The second kappa shape index (κ2) is 6.43. The number of nitrogens with two attached hydrogens (primary N) is 1. The molecule has 0 saturated heterocycles. The molecule has 0 aliphatic carbocycles. The predicted octanol–water partition coefficient (Wildman–Crippen LogP) is 3.99. The predicted molar refractivity (Wildman–Crippen MR) is 72.7 cm³/mol. The van der Waals surface area contributed by atoms with Crippen LogP contribution in [-0.2, 0) is 6.42 Å². The van der Waals surface area contributed by atoms with Crippen LogP contribution in [-0.4, -0.2) is 0 Å². The van der Waals surface area contributed by atoms with E-state index in [0.717, 1.165) is 18.9 Å². The molecule has 3 heteroatoms. The van der Waals surface area contributed by atoms with Gasteiger partial charge in [0.15, 0.2) is 0 Å². The van der Waals surface area contributed by atoms with Crippen molar-refractivity contribution in [2.45, 2.75) is 25.3 Å². The van der Waals surface area contributed by atoms with E-state index >= 15 is 0 Å². The maximum absolute atomic E-state index is 13.5. The molecule has 0 aliphatic heterocycles. The van der Waals surface area contributed by atoms with Crippen LogP contribution < -0.4 is 5.73 Å². The topological polar surface area (TPSA) is 26.0 Å². The smallest absolute Gasteiger partial charge is 0.130 e. The molecule has 0 spiro atoms. The highest BCUT2D eigenvalue weighted by molar-refractivity contribution is 5.22. The first kappa shape index (κ1) is 13.7. The monoisotopic (exact) mass is 261 g/mol. The normalized spacial score (nSPS) is 12.4. The van der Waals surface area contributed by atoms with E-state index in [4.69, 9.17) is 5.73 Å². The molecule has 0 heterocycles. The molecule has 1 nitrogen and oxygen atoms in total. The Morgan fingerprint density at radius 3 is 2.42 bits per heavy atom. The van der Waals surface area contributed by atoms with Gasteiger partial charge in [-0.15, -0.1) is 0 Å². The van der Waals surface area contributed by atoms with Gasteiger partial charge in [-0.25, -0.2) is 8.78 Å². The summed E-state index contributed by atoms with van der Waals surface area (Å²) in [5.74, 6) is -1.13. The lowest BCUT2D eigenvalue weighted by Crippen LogP contribution is -2.12. The summed E-state index contributed by atoms with van der Waals surface area (Å²) >= 11 is 0. The first-order chi connectivity index (χ1) is 9.16. The van der Waals surface area contributed by atoms with Gasteiger partial charge in [-0.1, -0.05) is 36.4 Å². The summed E-state index contributed by atoms with van der Waals surface area (Å²) in [5.41, 5.74) is 7.58. The summed E-state index contributed by atoms with van der Waals surface area (Å²) < 4.78 is 26.3. The number of halogens is 2. The van der Waals surface area contributed by atoms with Crippen LogP contribution >= 0.6 is 0 Å². The number of rotatable bonds is 5. The van der Waals surface area contributed by atoms with E-state index in [1.165, 1.54) is 17.7 Å². The molecular weight excluding hydrogens is 244 g/mol. The Hall–Kier alpha value is -1.74. The minimum absolute atomic E-state index is 0.384. The van der Waals surface area contributed by atoms with Crippen molar-refractivity contribution in [3.05, 3.63) is 71.3 Å². The zero-order valence-electron chi connectivity index (χ0n) is 10.7. The van der Waals surface area contributed by atoms with Crippen LogP contribution in [0.1, 0.15) is 30.0 Å². The quantitative estimate of drug-likeness (QED) is 0.865. The van der Waals surface area contributed by atoms with E-state index in [-0.39, 0.29) is 6.04 Å². The maximum Gasteiger partial charge on any atom is 0.130 e. The van der Waals surface area contributed by atoms with Crippen molar-refractivity contribution in [3.63, 3.8) is 0 Å². The molecule has 0 bridgehead atoms. The molecule has 2 N–H and O–H groups in total. The second-order valence-electron chi connectivity index (χ2n) is 4.65. The van der Waals surface area contributed by atoms with Crippen molar-refractivity contribution in [2.24, 2.45) is 5.73 Å². The van der Waals surface area contributed by atoms with Gasteiger partial charge < -0.3 is 5.73 Å². The molecule has 0 saturated carbocycles. The van der Waals surface area contributed by atoms with Gasteiger partial charge in [0.2, 0.25) is 0 Å². The zero-order chi connectivity index (χ0) is 13.7. The van der Waals surface area contributed by atoms with Crippen LogP contribution in [0, 0.1) is 11.6 Å². The lowest BCUT2D eigenvalue weighted by Gasteiger charge is -2.13. The Morgan fingerprint density at radius 2 is 1.74 bits per heavy atom. The highest BCUT2D eigenvalue weighted by Gasteiger charge is 2.11. The lowest BCUT2D eigenvalue weighted by atomic mass is 9.99. The number of hydrogen-bond acceptors (Lipinski definition) is 1. The van der Waals surface area contributed by atoms with Crippen LogP contribution in [0.5, 0.6) is 0 Å². The van der Waals surface area contributed by atoms with Crippen LogP contribution in [0.15, 0.2) is 48.5 Å². The van der Waals surface area contributed by atoms with Crippen LogP contribution in [0.2, 0.25) is 0 Å². The van der Waals surface area contributed by atoms with Crippen LogP contribution in [0.25, 0.3) is 0 Å². The highest BCUT2D eigenvalue weighted by Crippen LogP contribution is 2.21. The fourth-order valence-corrected chi connectivity index (χ4v) is 2.13. The number of aryl methyl sites for hydroxylation is 1. The van der Waals surface area contributed by atoms with E-state index in [2.05, 4.69) is 12.1 Å². The minimum Gasteiger partial charge on any atom is -0.324 e. The first-order valence-electron chi connectivity index (χ1n) is 6.41. The van der Waals surface area contributed by atoms with Gasteiger partial charge in [-0.2, -0.15) is 0 Å². The van der Waals surface area contributed by atoms with Crippen molar-refractivity contribution in [1.82, 2.24) is 0 Å². The van der Waals surface area contributed by atoms with Gasteiger partial charge >= 0.3 is 0 Å². The molecule has 2 aromatic carbocycles. The van der Waals surface area contributed by atoms with Crippen molar-refractivity contribution in [1.29, 1.82) is 0 Å². The van der Waals surface area contributed by atoms with Crippen LogP contribution in [0.3, 0.4) is 0 Å². The third-order valence-electron chi connectivity index (χ3n) is 3.19. The molecule has 2 rings (SSSR count). The average molecular weight is 261 g/mol. The largest absolute Gasteiger partial charge is 0.324 e. The molecule has 100 valence electrons. The molecule has 1 unspecified atom stereocenters. The summed E-state index contributed by atoms with van der Waals surface area (Å²) in [5, 5.41) is 0. The number of hydrogen-bond donors (Lipinski definition) is 1. The third kappa shape index (κ3) is 3.86. The Bertz CT molecular complexity index is 526. The van der Waals surface area contributed by atoms with E-state index < -0.39 is 11.6 Å². The van der Waals surface area contributed by atoms with Gasteiger partial charge in [0.25, 0.3) is 0 Å². The third-order valence-corrected chi connectivity index (χ3v) is 3.19. The van der Waals surface area contributed by atoms with Gasteiger partial charge in [-0.3, -0.25) is 0 Å². The van der Waals surface area contributed by atoms with E-state index in [1.807, 2.05) is 18.2 Å². The van der Waals surface area contributed by atoms with Gasteiger partial charge in [0, 0.05) is 17.7 Å². The van der Waals surface area contributed by atoms with Crippen LogP contribution in [0.4, 0.5) is 8.78 Å². The van der Waals surface area contributed by atoms with Crippen molar-refractivity contribution in [3.8, 4) is 0 Å². The Labute approximate surface area is 112 Å². The maximum atomic E-state index is 13.5. The molecule has 0 aromatic heterocycles. The Balaban J connectivity index is 1.89. The second-order valence-corrected chi connectivity index (χ2v) is 4.65. The number of benzene rings is 2. The highest BCUT2D eigenvalue weighted by atomic mass is 19.1. The van der Waals surface area contributed by atoms with Gasteiger partial charge in [0.05, 0.1) is 0 Å². The van der Waals surface area contributed by atoms with Crippen molar-refractivity contribution >= 4 is 0 Å². The average Bonchev–Trinajstić information content (AvgIpc) is 2.39. The fourth-order valence-electron chi connectivity index (χ4n) is 2.13. The Kier molecular flexibility index (Phi) is 4.63. The SMILES string of the molecule is NC(CCCc1ccccc1)c1ccc(F)cc1F. The fraction of sp³-hybridized carbons (Fsp3) is 0.250. The van der Waals surface area contributed by atoms with Crippen molar-refractivity contribution in [2.75, 3.05) is 0 Å². The molecular formula is C16H17F2N. The standard InChI is InChI=1S/C16H17F2N/c17-13-9-10-14(15(18)11-13)16(19)8-4-7-12-5-2-1-3-6-12/h1-3,5-6,9-11,16H,4,7-8,19H2. The first-order valence-corrected chi connectivity index (χ1v) is 6.41. The molecule has 1 atom stereocenters. The van der Waals surface area contributed by atoms with Gasteiger partial charge in [-0.05, 0) is 30.9 Å². The summed E-state index contributed by atoms with van der Waals surface area (Å²) in [6.07, 6.45) is 2.47. The summed E-state index contributed by atoms with van der Waals surface area (Å²) in [6.45, 7) is 0. The molecule has 0 radical (unpaired) electrons. The van der Waals surface area contributed by atoms with E-state index in [0.29, 0.717) is 12.0 Å².